The van der Waals surface area contributed by atoms with Crippen molar-refractivity contribution in [1.29, 1.82) is 0 Å². The van der Waals surface area contributed by atoms with Crippen LogP contribution in [0.1, 0.15) is 29.3 Å². The molecule has 1 rings (SSSR count). The van der Waals surface area contributed by atoms with E-state index in [4.69, 9.17) is 5.11 Å². The van der Waals surface area contributed by atoms with Crippen LogP contribution in [0.2, 0.25) is 0 Å². The molecular formula is C14H18F3NO3. The Labute approximate surface area is 120 Å². The maximum atomic E-state index is 12.0. The van der Waals surface area contributed by atoms with Crippen LogP contribution in [0.25, 0.3) is 0 Å². The highest BCUT2D eigenvalue weighted by Gasteiger charge is 2.27. The number of rotatable bonds is 8. The highest BCUT2D eigenvalue weighted by atomic mass is 19.4. The van der Waals surface area contributed by atoms with Crippen molar-refractivity contribution in [2.45, 2.75) is 32.1 Å². The van der Waals surface area contributed by atoms with Crippen molar-refractivity contribution in [3.8, 4) is 0 Å². The molecule has 118 valence electrons. The first kappa shape index (κ1) is 17.5. The van der Waals surface area contributed by atoms with Gasteiger partial charge in [-0.3, -0.25) is 0 Å². The number of benzene rings is 1. The maximum Gasteiger partial charge on any atom is 0.411 e. The minimum absolute atomic E-state index is 0.0246. The second-order valence-electron chi connectivity index (χ2n) is 4.62. The molecule has 0 radical (unpaired) electrons. The summed E-state index contributed by atoms with van der Waals surface area (Å²) < 4.78 is 40.5. The topological polar surface area (TPSA) is 58.6 Å². The Balaban J connectivity index is 2.38. The Bertz CT molecular complexity index is 446. The molecule has 0 amide bonds. The van der Waals surface area contributed by atoms with Crippen molar-refractivity contribution in [2.75, 3.05) is 13.2 Å². The standard InChI is InChI=1S/C14H18F3NO3/c1-2-12(8-21-9-14(15,16)17)18-7-10-3-5-11(6-4-10)13(19)20/h3-6,12,18H,2,7-9H2,1H3,(H,19,20). The second kappa shape index (κ2) is 7.99. The smallest absolute Gasteiger partial charge is 0.411 e. The van der Waals surface area contributed by atoms with Gasteiger partial charge < -0.3 is 15.2 Å². The number of ether oxygens (including phenoxy) is 1. The molecular weight excluding hydrogens is 287 g/mol. The molecule has 0 fully saturated rings. The Morgan fingerprint density at radius 2 is 1.95 bits per heavy atom. The normalized spacial score (nSPS) is 13.1. The number of nitrogens with one attached hydrogen (secondary N) is 1. The summed E-state index contributed by atoms with van der Waals surface area (Å²) in [5.74, 6) is -0.999. The molecule has 0 bridgehead atoms. The highest BCUT2D eigenvalue weighted by Crippen LogP contribution is 2.14. The molecule has 0 saturated carbocycles. The van der Waals surface area contributed by atoms with Gasteiger partial charge in [0.1, 0.15) is 6.61 Å². The minimum atomic E-state index is -4.31. The molecule has 21 heavy (non-hydrogen) atoms. The third kappa shape index (κ3) is 7.10. The Hall–Kier alpha value is -1.60. The van der Waals surface area contributed by atoms with Crippen LogP contribution in [0.5, 0.6) is 0 Å². The number of aromatic carboxylic acids is 1. The first-order valence-corrected chi connectivity index (χ1v) is 6.52. The zero-order valence-electron chi connectivity index (χ0n) is 11.6. The maximum absolute atomic E-state index is 12.0. The molecule has 7 heteroatoms. The van der Waals surface area contributed by atoms with E-state index in [2.05, 4.69) is 10.1 Å². The lowest BCUT2D eigenvalue weighted by molar-refractivity contribution is -0.175. The van der Waals surface area contributed by atoms with Gasteiger partial charge in [0, 0.05) is 12.6 Å². The summed E-state index contributed by atoms with van der Waals surface area (Å²) in [6.07, 6.45) is -3.68. The van der Waals surface area contributed by atoms with Crippen LogP contribution >= 0.6 is 0 Å². The van der Waals surface area contributed by atoms with E-state index in [1.54, 1.807) is 12.1 Å². The molecule has 1 aromatic carbocycles. The fraction of sp³-hybridized carbons (Fsp3) is 0.500. The van der Waals surface area contributed by atoms with Crippen molar-refractivity contribution >= 4 is 5.97 Å². The monoisotopic (exact) mass is 305 g/mol. The molecule has 0 spiro atoms. The Morgan fingerprint density at radius 1 is 1.33 bits per heavy atom. The molecule has 4 nitrogen and oxygen atoms in total. The number of hydrogen-bond acceptors (Lipinski definition) is 3. The molecule has 0 saturated heterocycles. The lowest BCUT2D eigenvalue weighted by Gasteiger charge is -2.18. The molecule has 0 aliphatic rings. The van der Waals surface area contributed by atoms with Gasteiger partial charge in [-0.05, 0) is 24.1 Å². The fourth-order valence-electron chi connectivity index (χ4n) is 1.67. The predicted octanol–water partition coefficient (Wildman–Crippen LogP) is 2.83. The molecule has 1 aromatic rings. The number of carbonyl (C=O) groups is 1. The summed E-state index contributed by atoms with van der Waals surface area (Å²) >= 11 is 0. The van der Waals surface area contributed by atoms with Gasteiger partial charge in [-0.2, -0.15) is 13.2 Å². The van der Waals surface area contributed by atoms with Gasteiger partial charge in [0.05, 0.1) is 12.2 Å². The fourth-order valence-corrected chi connectivity index (χ4v) is 1.67. The third-order valence-electron chi connectivity index (χ3n) is 2.87. The van der Waals surface area contributed by atoms with Crippen LogP contribution in [-0.4, -0.2) is 36.5 Å². The number of halogens is 3. The van der Waals surface area contributed by atoms with E-state index in [0.717, 1.165) is 5.56 Å². The largest absolute Gasteiger partial charge is 0.478 e. The summed E-state index contributed by atoms with van der Waals surface area (Å²) in [6.45, 7) is 1.01. The molecule has 1 unspecified atom stereocenters. The minimum Gasteiger partial charge on any atom is -0.478 e. The summed E-state index contributed by atoms with van der Waals surface area (Å²) in [7, 11) is 0. The third-order valence-corrected chi connectivity index (χ3v) is 2.87. The quantitative estimate of drug-likeness (QED) is 0.775. The zero-order chi connectivity index (χ0) is 15.9. The summed E-state index contributed by atoms with van der Waals surface area (Å²) in [5.41, 5.74) is 1.05. The zero-order valence-corrected chi connectivity index (χ0v) is 11.6. The van der Waals surface area contributed by atoms with Crippen molar-refractivity contribution in [3.63, 3.8) is 0 Å². The SMILES string of the molecule is CCC(COCC(F)(F)F)NCc1ccc(C(=O)O)cc1. The molecule has 0 heterocycles. The van der Waals surface area contributed by atoms with Crippen molar-refractivity contribution in [3.05, 3.63) is 35.4 Å². The lowest BCUT2D eigenvalue weighted by Crippen LogP contribution is -2.34. The van der Waals surface area contributed by atoms with Crippen molar-refractivity contribution in [1.82, 2.24) is 5.32 Å². The van der Waals surface area contributed by atoms with E-state index >= 15 is 0 Å². The van der Waals surface area contributed by atoms with E-state index < -0.39 is 18.8 Å². The van der Waals surface area contributed by atoms with Gasteiger partial charge in [0.25, 0.3) is 0 Å². The molecule has 1 atom stereocenters. The number of alkyl halides is 3. The van der Waals surface area contributed by atoms with Gasteiger partial charge in [-0.25, -0.2) is 4.79 Å². The van der Waals surface area contributed by atoms with Crippen LogP contribution in [-0.2, 0) is 11.3 Å². The van der Waals surface area contributed by atoms with Crippen LogP contribution in [0, 0.1) is 0 Å². The van der Waals surface area contributed by atoms with Gasteiger partial charge in [0.2, 0.25) is 0 Å². The summed E-state index contributed by atoms with van der Waals surface area (Å²) in [5, 5.41) is 11.9. The number of carboxylic acid groups (broad SMARTS) is 1. The summed E-state index contributed by atoms with van der Waals surface area (Å²) in [6, 6.07) is 6.12. The van der Waals surface area contributed by atoms with E-state index in [1.165, 1.54) is 12.1 Å². The first-order chi connectivity index (χ1) is 9.81. The van der Waals surface area contributed by atoms with Crippen LogP contribution in [0.4, 0.5) is 13.2 Å². The molecule has 0 aliphatic carbocycles. The average molecular weight is 305 g/mol. The number of carboxylic acids is 1. The van der Waals surface area contributed by atoms with Crippen LogP contribution in [0.15, 0.2) is 24.3 Å². The number of hydrogen-bond donors (Lipinski definition) is 2. The second-order valence-corrected chi connectivity index (χ2v) is 4.62. The van der Waals surface area contributed by atoms with Crippen LogP contribution < -0.4 is 5.32 Å². The predicted molar refractivity (Wildman–Crippen MR) is 71.2 cm³/mol. The Kier molecular flexibility index (Phi) is 6.64. The van der Waals surface area contributed by atoms with Crippen molar-refractivity contribution < 1.29 is 27.8 Å². The average Bonchev–Trinajstić information content (AvgIpc) is 2.41. The first-order valence-electron chi connectivity index (χ1n) is 6.52. The van der Waals surface area contributed by atoms with Gasteiger partial charge in [0.15, 0.2) is 0 Å². The van der Waals surface area contributed by atoms with Gasteiger partial charge in [-0.1, -0.05) is 19.1 Å². The summed E-state index contributed by atoms with van der Waals surface area (Å²) in [4.78, 5) is 10.7. The molecule has 0 aromatic heterocycles. The lowest BCUT2D eigenvalue weighted by atomic mass is 10.1. The van der Waals surface area contributed by atoms with E-state index in [9.17, 15) is 18.0 Å². The Morgan fingerprint density at radius 3 is 2.43 bits per heavy atom. The van der Waals surface area contributed by atoms with Gasteiger partial charge >= 0.3 is 12.1 Å². The molecule has 0 aliphatic heterocycles. The highest BCUT2D eigenvalue weighted by molar-refractivity contribution is 5.87. The molecule has 2 N–H and O–H groups in total. The van der Waals surface area contributed by atoms with Gasteiger partial charge in [-0.15, -0.1) is 0 Å². The van der Waals surface area contributed by atoms with Crippen molar-refractivity contribution in [2.24, 2.45) is 0 Å². The van der Waals surface area contributed by atoms with E-state index in [0.29, 0.717) is 13.0 Å². The van der Waals surface area contributed by atoms with E-state index in [-0.39, 0.29) is 18.2 Å². The van der Waals surface area contributed by atoms with Crippen LogP contribution in [0.3, 0.4) is 0 Å². The van der Waals surface area contributed by atoms with E-state index in [1.807, 2.05) is 6.92 Å².